The first kappa shape index (κ1) is 19.1. The standard InChI is InChI=1S/C25H20N2O4/c1-14-4-7-19(10-15(14)2)27-24(28)21(16(3)26-27)12-20-8-9-23(31-20)17-5-6-18-13-30-25(29)22(18)11-17/h4-12H,13H2,1-3H3/b21-12+. The molecular weight excluding hydrogens is 392 g/mol. The highest BCUT2D eigenvalue weighted by molar-refractivity contribution is 6.32. The van der Waals surface area contributed by atoms with E-state index in [2.05, 4.69) is 5.10 Å². The second-order valence-corrected chi connectivity index (χ2v) is 7.78. The van der Waals surface area contributed by atoms with Gasteiger partial charge < -0.3 is 9.15 Å². The normalized spacial score (nSPS) is 16.7. The number of anilines is 1. The highest BCUT2D eigenvalue weighted by atomic mass is 16.5. The van der Waals surface area contributed by atoms with Crippen molar-refractivity contribution >= 4 is 29.4 Å². The van der Waals surface area contributed by atoms with Crippen LogP contribution in [0.15, 0.2) is 63.6 Å². The number of rotatable bonds is 3. The highest BCUT2D eigenvalue weighted by Crippen LogP contribution is 2.30. The average Bonchev–Trinajstić information content (AvgIpc) is 3.45. The summed E-state index contributed by atoms with van der Waals surface area (Å²) in [5.41, 5.74) is 6.32. The van der Waals surface area contributed by atoms with E-state index < -0.39 is 0 Å². The van der Waals surface area contributed by atoms with Crippen LogP contribution in [0.4, 0.5) is 5.69 Å². The molecule has 0 atom stereocenters. The van der Waals surface area contributed by atoms with Gasteiger partial charge in [0.1, 0.15) is 18.1 Å². The molecule has 0 fully saturated rings. The number of amides is 1. The van der Waals surface area contributed by atoms with Gasteiger partial charge in [0.2, 0.25) is 0 Å². The third-order valence-corrected chi connectivity index (χ3v) is 5.68. The fourth-order valence-electron chi connectivity index (χ4n) is 3.71. The van der Waals surface area contributed by atoms with E-state index in [9.17, 15) is 9.59 Å². The molecule has 0 saturated carbocycles. The molecule has 1 amide bonds. The topological polar surface area (TPSA) is 72.1 Å². The first-order chi connectivity index (χ1) is 14.9. The molecule has 2 aromatic carbocycles. The van der Waals surface area contributed by atoms with Crippen molar-refractivity contribution in [2.45, 2.75) is 27.4 Å². The van der Waals surface area contributed by atoms with Gasteiger partial charge in [0.15, 0.2) is 0 Å². The number of carbonyl (C=O) groups excluding carboxylic acids is 2. The van der Waals surface area contributed by atoms with E-state index >= 15 is 0 Å². The van der Waals surface area contributed by atoms with Crippen molar-refractivity contribution in [3.8, 4) is 11.3 Å². The lowest BCUT2D eigenvalue weighted by molar-refractivity contribution is -0.114. The Balaban J connectivity index is 1.43. The monoisotopic (exact) mass is 412 g/mol. The zero-order valence-corrected chi connectivity index (χ0v) is 17.4. The molecule has 6 nitrogen and oxygen atoms in total. The van der Waals surface area contributed by atoms with Crippen LogP contribution in [0.1, 0.15) is 39.7 Å². The van der Waals surface area contributed by atoms with Crippen LogP contribution < -0.4 is 5.01 Å². The number of aryl methyl sites for hydroxylation is 2. The Morgan fingerprint density at radius 1 is 0.968 bits per heavy atom. The number of esters is 1. The highest BCUT2D eigenvalue weighted by Gasteiger charge is 2.29. The fraction of sp³-hybridized carbons (Fsp3) is 0.160. The van der Waals surface area contributed by atoms with Crippen LogP contribution in [-0.2, 0) is 16.1 Å². The number of cyclic esters (lactones) is 1. The van der Waals surface area contributed by atoms with E-state index in [0.717, 1.165) is 27.9 Å². The zero-order chi connectivity index (χ0) is 21.7. The summed E-state index contributed by atoms with van der Waals surface area (Å²) in [5.74, 6) is 0.637. The molecule has 0 unspecified atom stereocenters. The van der Waals surface area contributed by atoms with Crippen molar-refractivity contribution < 1.29 is 18.7 Å². The zero-order valence-electron chi connectivity index (χ0n) is 17.4. The van der Waals surface area contributed by atoms with Crippen molar-refractivity contribution in [3.05, 3.63) is 82.1 Å². The summed E-state index contributed by atoms with van der Waals surface area (Å²) in [6.45, 7) is 6.15. The van der Waals surface area contributed by atoms with Crippen molar-refractivity contribution in [2.24, 2.45) is 5.10 Å². The number of ether oxygens (including phenoxy) is 1. The Hall–Kier alpha value is -3.93. The lowest BCUT2D eigenvalue weighted by Gasteiger charge is -2.13. The lowest BCUT2D eigenvalue weighted by atomic mass is 10.0. The van der Waals surface area contributed by atoms with Gasteiger partial charge in [-0.2, -0.15) is 10.1 Å². The van der Waals surface area contributed by atoms with Crippen LogP contribution in [-0.4, -0.2) is 17.6 Å². The predicted molar refractivity (Wildman–Crippen MR) is 118 cm³/mol. The average molecular weight is 412 g/mol. The maximum absolute atomic E-state index is 13.0. The van der Waals surface area contributed by atoms with Crippen LogP contribution >= 0.6 is 0 Å². The molecule has 0 saturated heterocycles. The number of fused-ring (bicyclic) bond motifs is 1. The Morgan fingerprint density at radius 2 is 1.81 bits per heavy atom. The minimum atomic E-state index is -0.319. The molecule has 3 heterocycles. The van der Waals surface area contributed by atoms with Gasteiger partial charge in [-0.05, 0) is 68.3 Å². The molecule has 0 spiro atoms. The van der Waals surface area contributed by atoms with Gasteiger partial charge in [-0.3, -0.25) is 4.79 Å². The third-order valence-electron chi connectivity index (χ3n) is 5.68. The minimum Gasteiger partial charge on any atom is -0.457 e. The number of hydrogen-bond donors (Lipinski definition) is 0. The quantitative estimate of drug-likeness (QED) is 0.446. The van der Waals surface area contributed by atoms with Crippen LogP contribution in [0.25, 0.3) is 17.4 Å². The second-order valence-electron chi connectivity index (χ2n) is 7.78. The Labute approximate surface area is 179 Å². The first-order valence-electron chi connectivity index (χ1n) is 10.00. The summed E-state index contributed by atoms with van der Waals surface area (Å²) in [6, 6.07) is 15.0. The molecule has 154 valence electrons. The molecule has 5 rings (SSSR count). The fourth-order valence-corrected chi connectivity index (χ4v) is 3.71. The van der Waals surface area contributed by atoms with E-state index in [1.807, 2.05) is 50.2 Å². The number of furan rings is 1. The molecule has 0 radical (unpaired) electrons. The number of nitrogens with zero attached hydrogens (tertiary/aromatic N) is 2. The van der Waals surface area contributed by atoms with E-state index in [1.165, 1.54) is 5.01 Å². The maximum atomic E-state index is 13.0. The molecule has 31 heavy (non-hydrogen) atoms. The van der Waals surface area contributed by atoms with E-state index in [4.69, 9.17) is 9.15 Å². The van der Waals surface area contributed by atoms with Crippen molar-refractivity contribution in [1.82, 2.24) is 0 Å². The Morgan fingerprint density at radius 3 is 2.61 bits per heavy atom. The Kier molecular flexibility index (Phi) is 4.36. The molecule has 2 aliphatic heterocycles. The smallest absolute Gasteiger partial charge is 0.338 e. The van der Waals surface area contributed by atoms with E-state index in [1.54, 1.807) is 25.1 Å². The van der Waals surface area contributed by atoms with Gasteiger partial charge in [-0.15, -0.1) is 0 Å². The molecule has 6 heteroatoms. The number of hydrogen-bond acceptors (Lipinski definition) is 5. The lowest BCUT2D eigenvalue weighted by Crippen LogP contribution is -2.21. The molecular formula is C25H20N2O4. The molecule has 1 aromatic heterocycles. The number of hydrazone groups is 1. The summed E-state index contributed by atoms with van der Waals surface area (Å²) in [5, 5.41) is 5.86. The number of benzene rings is 2. The van der Waals surface area contributed by atoms with Crippen LogP contribution in [0.5, 0.6) is 0 Å². The Bertz CT molecular complexity index is 1310. The predicted octanol–water partition coefficient (Wildman–Crippen LogP) is 5.04. The van der Waals surface area contributed by atoms with Gasteiger partial charge in [0.25, 0.3) is 5.91 Å². The van der Waals surface area contributed by atoms with Gasteiger partial charge >= 0.3 is 5.97 Å². The van der Waals surface area contributed by atoms with Crippen LogP contribution in [0, 0.1) is 13.8 Å². The van der Waals surface area contributed by atoms with Gasteiger partial charge in [0.05, 0.1) is 22.5 Å². The first-order valence-corrected chi connectivity index (χ1v) is 10.00. The SMILES string of the molecule is CC1=NN(c2ccc(C)c(C)c2)C(=O)/C1=C/c1ccc(-c2ccc3c(c2)C(=O)OC3)o1. The molecule has 0 N–H and O–H groups in total. The van der Waals surface area contributed by atoms with E-state index in [0.29, 0.717) is 35.0 Å². The summed E-state index contributed by atoms with van der Waals surface area (Å²) in [6.07, 6.45) is 1.70. The molecule has 0 aliphatic carbocycles. The van der Waals surface area contributed by atoms with E-state index in [-0.39, 0.29) is 11.9 Å². The summed E-state index contributed by atoms with van der Waals surface area (Å²) < 4.78 is 11.0. The third kappa shape index (κ3) is 3.26. The molecule has 3 aromatic rings. The van der Waals surface area contributed by atoms with Crippen LogP contribution in [0.3, 0.4) is 0 Å². The summed E-state index contributed by atoms with van der Waals surface area (Å²) in [7, 11) is 0. The second kappa shape index (κ2) is 7.09. The largest absolute Gasteiger partial charge is 0.457 e. The molecule has 0 bridgehead atoms. The van der Waals surface area contributed by atoms with Gasteiger partial charge in [-0.25, -0.2) is 4.79 Å². The summed E-state index contributed by atoms with van der Waals surface area (Å²) >= 11 is 0. The van der Waals surface area contributed by atoms with Gasteiger partial charge in [-0.1, -0.05) is 18.2 Å². The maximum Gasteiger partial charge on any atom is 0.338 e. The minimum absolute atomic E-state index is 0.195. The number of carbonyl (C=O) groups is 2. The van der Waals surface area contributed by atoms with Crippen LogP contribution in [0.2, 0.25) is 0 Å². The van der Waals surface area contributed by atoms with Gasteiger partial charge in [0, 0.05) is 11.1 Å². The van der Waals surface area contributed by atoms with Crippen molar-refractivity contribution in [1.29, 1.82) is 0 Å². The molecule has 2 aliphatic rings. The van der Waals surface area contributed by atoms with Crippen molar-refractivity contribution in [2.75, 3.05) is 5.01 Å². The van der Waals surface area contributed by atoms with Crippen molar-refractivity contribution in [3.63, 3.8) is 0 Å². The summed E-state index contributed by atoms with van der Waals surface area (Å²) in [4.78, 5) is 24.8.